The Hall–Kier alpha value is -1.26. The van der Waals surface area contributed by atoms with E-state index in [2.05, 4.69) is 23.1 Å². The highest BCUT2D eigenvalue weighted by Gasteiger charge is 2.32. The first-order valence-corrected chi connectivity index (χ1v) is 8.03. The molecule has 116 valence electrons. The molecule has 0 spiro atoms. The van der Waals surface area contributed by atoms with E-state index < -0.39 is 0 Å². The molecular weight excluding hydrogens is 264 g/mol. The summed E-state index contributed by atoms with van der Waals surface area (Å²) in [5, 5.41) is 0. The van der Waals surface area contributed by atoms with E-state index in [4.69, 9.17) is 15.2 Å². The number of anilines is 1. The van der Waals surface area contributed by atoms with E-state index in [0.29, 0.717) is 0 Å². The number of rotatable bonds is 3. The lowest BCUT2D eigenvalue weighted by atomic mass is 9.77. The second-order valence-electron chi connectivity index (χ2n) is 6.20. The van der Waals surface area contributed by atoms with Gasteiger partial charge in [0.15, 0.2) is 0 Å². The molecule has 1 heterocycles. The van der Waals surface area contributed by atoms with Crippen LogP contribution in [0.1, 0.15) is 37.7 Å². The summed E-state index contributed by atoms with van der Waals surface area (Å²) in [6.45, 7) is 3.50. The van der Waals surface area contributed by atoms with Gasteiger partial charge in [0.25, 0.3) is 0 Å². The number of nitrogens with zero attached hydrogens (tertiary/aromatic N) is 1. The van der Waals surface area contributed by atoms with Crippen LogP contribution in [0.2, 0.25) is 0 Å². The van der Waals surface area contributed by atoms with Crippen molar-refractivity contribution < 1.29 is 9.47 Å². The van der Waals surface area contributed by atoms with Crippen LogP contribution in [0.15, 0.2) is 18.2 Å². The standard InChI is InChI=1S/C17H26N2O2/c1-20-16-6-5-14(19-9-11-21-12-10-19)13-15(16)17(18)7-3-2-4-8-17/h5-6,13H,2-4,7-12,18H2,1H3. The average molecular weight is 290 g/mol. The molecule has 0 atom stereocenters. The average Bonchev–Trinajstić information content (AvgIpc) is 2.56. The molecule has 1 saturated carbocycles. The summed E-state index contributed by atoms with van der Waals surface area (Å²) in [5.41, 5.74) is 8.92. The van der Waals surface area contributed by atoms with Crippen molar-refractivity contribution in [3.8, 4) is 5.75 Å². The summed E-state index contributed by atoms with van der Waals surface area (Å²) in [7, 11) is 1.74. The topological polar surface area (TPSA) is 47.7 Å². The second kappa shape index (κ2) is 6.24. The zero-order valence-corrected chi connectivity index (χ0v) is 12.9. The molecule has 0 aromatic heterocycles. The van der Waals surface area contributed by atoms with Crippen molar-refractivity contribution in [1.82, 2.24) is 0 Å². The van der Waals surface area contributed by atoms with Gasteiger partial charge in [0.05, 0.1) is 20.3 Å². The molecular formula is C17H26N2O2. The summed E-state index contributed by atoms with van der Waals surface area (Å²) in [6, 6.07) is 6.46. The molecule has 3 rings (SSSR count). The van der Waals surface area contributed by atoms with Crippen LogP contribution in [0.25, 0.3) is 0 Å². The van der Waals surface area contributed by atoms with Crippen LogP contribution in [0, 0.1) is 0 Å². The number of methoxy groups -OCH3 is 1. The lowest BCUT2D eigenvalue weighted by Gasteiger charge is -2.36. The summed E-state index contributed by atoms with van der Waals surface area (Å²) in [5.74, 6) is 0.927. The molecule has 1 aliphatic heterocycles. The van der Waals surface area contributed by atoms with Crippen molar-refractivity contribution in [2.45, 2.75) is 37.6 Å². The van der Waals surface area contributed by atoms with Gasteiger partial charge in [-0.25, -0.2) is 0 Å². The summed E-state index contributed by atoms with van der Waals surface area (Å²) in [4.78, 5) is 2.37. The first-order chi connectivity index (χ1) is 10.2. The van der Waals surface area contributed by atoms with Crippen LogP contribution in [0.4, 0.5) is 5.69 Å². The van der Waals surface area contributed by atoms with Crippen molar-refractivity contribution in [3.05, 3.63) is 23.8 Å². The van der Waals surface area contributed by atoms with E-state index in [1.165, 1.54) is 30.5 Å². The Kier molecular flexibility index (Phi) is 4.36. The number of nitrogens with two attached hydrogens (primary N) is 1. The predicted molar refractivity (Wildman–Crippen MR) is 85.0 cm³/mol. The minimum Gasteiger partial charge on any atom is -0.496 e. The van der Waals surface area contributed by atoms with Crippen LogP contribution in [0.3, 0.4) is 0 Å². The van der Waals surface area contributed by atoms with E-state index in [1.54, 1.807) is 7.11 Å². The second-order valence-corrected chi connectivity index (χ2v) is 6.20. The molecule has 2 aliphatic rings. The van der Waals surface area contributed by atoms with Crippen molar-refractivity contribution in [3.63, 3.8) is 0 Å². The third kappa shape index (κ3) is 3.01. The fourth-order valence-electron chi connectivity index (χ4n) is 3.56. The molecule has 21 heavy (non-hydrogen) atoms. The van der Waals surface area contributed by atoms with Gasteiger partial charge in [-0.2, -0.15) is 0 Å². The van der Waals surface area contributed by atoms with Crippen LogP contribution in [-0.2, 0) is 10.3 Å². The number of benzene rings is 1. The highest BCUT2D eigenvalue weighted by Crippen LogP contribution is 2.40. The van der Waals surface area contributed by atoms with Gasteiger partial charge < -0.3 is 20.1 Å². The van der Waals surface area contributed by atoms with Crippen LogP contribution >= 0.6 is 0 Å². The third-order valence-corrected chi connectivity index (χ3v) is 4.84. The van der Waals surface area contributed by atoms with Gasteiger partial charge in [0.1, 0.15) is 5.75 Å². The fourth-order valence-corrected chi connectivity index (χ4v) is 3.56. The Morgan fingerprint density at radius 1 is 1.14 bits per heavy atom. The van der Waals surface area contributed by atoms with Gasteiger partial charge in [0.2, 0.25) is 0 Å². The predicted octanol–water partition coefficient (Wildman–Crippen LogP) is 2.65. The smallest absolute Gasteiger partial charge is 0.124 e. The molecule has 1 saturated heterocycles. The quantitative estimate of drug-likeness (QED) is 0.929. The molecule has 2 fully saturated rings. The molecule has 1 aromatic rings. The normalized spacial score (nSPS) is 22.1. The molecule has 4 nitrogen and oxygen atoms in total. The zero-order chi connectivity index (χ0) is 14.7. The lowest BCUT2D eigenvalue weighted by Crippen LogP contribution is -2.40. The number of morpholine rings is 1. The molecule has 2 N–H and O–H groups in total. The Morgan fingerprint density at radius 3 is 2.52 bits per heavy atom. The van der Waals surface area contributed by atoms with Crippen molar-refractivity contribution in [2.24, 2.45) is 5.73 Å². The molecule has 1 aliphatic carbocycles. The van der Waals surface area contributed by atoms with Gasteiger partial charge in [-0.15, -0.1) is 0 Å². The SMILES string of the molecule is COc1ccc(N2CCOCC2)cc1C1(N)CCCCC1. The molecule has 0 unspecified atom stereocenters. The van der Waals surface area contributed by atoms with E-state index in [-0.39, 0.29) is 5.54 Å². The van der Waals surface area contributed by atoms with E-state index >= 15 is 0 Å². The summed E-state index contributed by atoms with van der Waals surface area (Å²) < 4.78 is 11.0. The maximum atomic E-state index is 6.73. The maximum Gasteiger partial charge on any atom is 0.124 e. The Labute approximate surface area is 127 Å². The van der Waals surface area contributed by atoms with Gasteiger partial charge in [-0.3, -0.25) is 0 Å². The maximum absolute atomic E-state index is 6.73. The Balaban J connectivity index is 1.92. The monoisotopic (exact) mass is 290 g/mol. The minimum atomic E-state index is -0.230. The molecule has 1 aromatic carbocycles. The fraction of sp³-hybridized carbons (Fsp3) is 0.647. The van der Waals surface area contributed by atoms with Crippen LogP contribution in [0.5, 0.6) is 5.75 Å². The largest absolute Gasteiger partial charge is 0.496 e. The first kappa shape index (κ1) is 14.7. The zero-order valence-electron chi connectivity index (χ0n) is 12.9. The Morgan fingerprint density at radius 2 is 1.86 bits per heavy atom. The van der Waals surface area contributed by atoms with E-state index in [0.717, 1.165) is 44.9 Å². The van der Waals surface area contributed by atoms with Crippen molar-refractivity contribution >= 4 is 5.69 Å². The van der Waals surface area contributed by atoms with Gasteiger partial charge in [-0.05, 0) is 31.0 Å². The van der Waals surface area contributed by atoms with Crippen molar-refractivity contribution in [1.29, 1.82) is 0 Å². The highest BCUT2D eigenvalue weighted by molar-refractivity contribution is 5.55. The highest BCUT2D eigenvalue weighted by atomic mass is 16.5. The molecule has 4 heteroatoms. The first-order valence-electron chi connectivity index (χ1n) is 8.03. The van der Waals surface area contributed by atoms with Gasteiger partial charge >= 0.3 is 0 Å². The summed E-state index contributed by atoms with van der Waals surface area (Å²) in [6.07, 6.45) is 5.82. The van der Waals surface area contributed by atoms with Gasteiger partial charge in [0, 0.05) is 29.9 Å². The van der Waals surface area contributed by atoms with Gasteiger partial charge in [-0.1, -0.05) is 19.3 Å². The summed E-state index contributed by atoms with van der Waals surface area (Å²) >= 11 is 0. The molecule has 0 radical (unpaired) electrons. The van der Waals surface area contributed by atoms with E-state index in [1.807, 2.05) is 0 Å². The van der Waals surface area contributed by atoms with Crippen LogP contribution in [-0.4, -0.2) is 33.4 Å². The third-order valence-electron chi connectivity index (χ3n) is 4.84. The number of hydrogen-bond donors (Lipinski definition) is 1. The molecule has 0 amide bonds. The molecule has 0 bridgehead atoms. The minimum absolute atomic E-state index is 0.230. The van der Waals surface area contributed by atoms with E-state index in [9.17, 15) is 0 Å². The lowest BCUT2D eigenvalue weighted by molar-refractivity contribution is 0.122. The number of ether oxygens (including phenoxy) is 2. The van der Waals surface area contributed by atoms with Crippen LogP contribution < -0.4 is 15.4 Å². The number of hydrogen-bond acceptors (Lipinski definition) is 4. The van der Waals surface area contributed by atoms with Crippen molar-refractivity contribution in [2.75, 3.05) is 38.3 Å². The Bertz CT molecular complexity index is 478.